The van der Waals surface area contributed by atoms with Crippen LogP contribution in [0.3, 0.4) is 0 Å². The molecule has 18 heavy (non-hydrogen) atoms. The topological polar surface area (TPSA) is 61.9 Å². The van der Waals surface area contributed by atoms with Crippen molar-refractivity contribution in [3.05, 3.63) is 0 Å². The molecule has 102 valence electrons. The lowest BCUT2D eigenvalue weighted by atomic mass is 10.2. The maximum Gasteiger partial charge on any atom is 0.323 e. The lowest BCUT2D eigenvalue weighted by Gasteiger charge is -2.25. The van der Waals surface area contributed by atoms with Gasteiger partial charge in [-0.2, -0.15) is 0 Å². The van der Waals surface area contributed by atoms with E-state index in [4.69, 9.17) is 4.74 Å². The second-order valence-corrected chi connectivity index (χ2v) is 4.67. The van der Waals surface area contributed by atoms with Crippen LogP contribution in [0.25, 0.3) is 0 Å². The maximum absolute atomic E-state index is 11.8. The number of nitrogens with zero attached hydrogens (tertiary/aromatic N) is 2. The van der Waals surface area contributed by atoms with Crippen molar-refractivity contribution in [2.24, 2.45) is 0 Å². The highest BCUT2D eigenvalue weighted by molar-refractivity contribution is 5.76. The summed E-state index contributed by atoms with van der Waals surface area (Å²) in [5.74, 6) is -0.124. The number of hydrogen-bond donors (Lipinski definition) is 1. The van der Waals surface area contributed by atoms with Crippen LogP contribution in [0, 0.1) is 0 Å². The minimum absolute atomic E-state index is 0.00174. The van der Waals surface area contributed by atoms with Crippen molar-refractivity contribution in [2.45, 2.75) is 25.8 Å². The van der Waals surface area contributed by atoms with Gasteiger partial charge in [0.2, 0.25) is 0 Å². The summed E-state index contributed by atoms with van der Waals surface area (Å²) >= 11 is 0. The largest absolute Gasteiger partial charge is 0.465 e. The fraction of sp³-hybridized carbons (Fsp3) is 0.833. The van der Waals surface area contributed by atoms with Gasteiger partial charge >= 0.3 is 12.0 Å². The van der Waals surface area contributed by atoms with Gasteiger partial charge in [0.25, 0.3) is 0 Å². The zero-order valence-corrected chi connectivity index (χ0v) is 10.9. The van der Waals surface area contributed by atoms with Gasteiger partial charge in [-0.05, 0) is 26.3 Å². The molecular weight excluding hydrogens is 234 g/mol. The molecule has 2 rings (SSSR count). The SMILES string of the molecule is CCOC(=O)C1CCCN1CCN1CCNC1=O. The van der Waals surface area contributed by atoms with E-state index >= 15 is 0 Å². The van der Waals surface area contributed by atoms with Gasteiger partial charge in [0.05, 0.1) is 6.61 Å². The number of likely N-dealkylation sites (tertiary alicyclic amines) is 1. The van der Waals surface area contributed by atoms with Gasteiger partial charge in [-0.25, -0.2) is 4.79 Å². The van der Waals surface area contributed by atoms with E-state index in [0.717, 1.165) is 39.0 Å². The molecule has 2 amide bonds. The van der Waals surface area contributed by atoms with Gasteiger partial charge in [-0.3, -0.25) is 9.69 Å². The zero-order valence-electron chi connectivity index (χ0n) is 10.9. The monoisotopic (exact) mass is 255 g/mol. The van der Waals surface area contributed by atoms with Crippen LogP contribution in [0.15, 0.2) is 0 Å². The quantitative estimate of drug-likeness (QED) is 0.705. The standard InChI is InChI=1S/C12H21N3O3/c1-2-18-11(16)10-4-3-6-14(10)8-9-15-7-5-13-12(15)17/h10H,2-9H2,1H3,(H,13,17). The molecule has 0 aromatic heterocycles. The lowest BCUT2D eigenvalue weighted by molar-refractivity contribution is -0.148. The number of nitrogens with one attached hydrogen (secondary N) is 1. The van der Waals surface area contributed by atoms with Crippen LogP contribution in [0.5, 0.6) is 0 Å². The predicted molar refractivity (Wildman–Crippen MR) is 66.2 cm³/mol. The molecule has 0 bridgehead atoms. The molecule has 0 aromatic rings. The van der Waals surface area contributed by atoms with Gasteiger partial charge in [-0.15, -0.1) is 0 Å². The van der Waals surface area contributed by atoms with Crippen molar-refractivity contribution >= 4 is 12.0 Å². The fourth-order valence-corrected chi connectivity index (χ4v) is 2.57. The zero-order chi connectivity index (χ0) is 13.0. The highest BCUT2D eigenvalue weighted by Gasteiger charge is 2.32. The van der Waals surface area contributed by atoms with Crippen molar-refractivity contribution in [2.75, 3.05) is 39.3 Å². The third-order valence-corrected chi connectivity index (χ3v) is 3.52. The first-order chi connectivity index (χ1) is 8.72. The molecule has 2 fully saturated rings. The van der Waals surface area contributed by atoms with Crippen LogP contribution >= 0.6 is 0 Å². The van der Waals surface area contributed by atoms with Gasteiger partial charge in [0.1, 0.15) is 6.04 Å². The number of carbonyl (C=O) groups is 2. The summed E-state index contributed by atoms with van der Waals surface area (Å²) < 4.78 is 5.08. The third kappa shape index (κ3) is 2.93. The number of esters is 1. The van der Waals surface area contributed by atoms with Gasteiger partial charge in [-0.1, -0.05) is 0 Å². The number of urea groups is 1. The van der Waals surface area contributed by atoms with Crippen LogP contribution in [0.2, 0.25) is 0 Å². The summed E-state index contributed by atoms with van der Waals surface area (Å²) in [6.07, 6.45) is 1.89. The van der Waals surface area contributed by atoms with Crippen LogP contribution < -0.4 is 5.32 Å². The van der Waals surface area contributed by atoms with E-state index in [0.29, 0.717) is 13.2 Å². The molecule has 0 aliphatic carbocycles. The first-order valence-electron chi connectivity index (χ1n) is 6.66. The van der Waals surface area contributed by atoms with Gasteiger partial charge < -0.3 is 15.0 Å². The highest BCUT2D eigenvalue weighted by atomic mass is 16.5. The maximum atomic E-state index is 11.8. The lowest BCUT2D eigenvalue weighted by Crippen LogP contribution is -2.42. The summed E-state index contributed by atoms with van der Waals surface area (Å²) in [7, 11) is 0. The van der Waals surface area contributed by atoms with Gasteiger partial charge in [0.15, 0.2) is 0 Å². The average Bonchev–Trinajstić information content (AvgIpc) is 2.95. The number of carbonyl (C=O) groups excluding carboxylic acids is 2. The molecule has 2 aliphatic heterocycles. The Labute approximate surface area is 107 Å². The predicted octanol–water partition coefficient (Wildman–Crippen LogP) is 0.0391. The van der Waals surface area contributed by atoms with Crippen molar-refractivity contribution < 1.29 is 14.3 Å². The summed E-state index contributed by atoms with van der Waals surface area (Å²) in [5, 5.41) is 2.78. The Hall–Kier alpha value is -1.30. The van der Waals surface area contributed by atoms with Crippen molar-refractivity contribution in [3.8, 4) is 0 Å². The molecule has 2 aliphatic rings. The summed E-state index contributed by atoms with van der Waals surface area (Å²) in [6.45, 7) is 6.08. The molecule has 0 spiro atoms. The van der Waals surface area contributed by atoms with Crippen LogP contribution in [0.1, 0.15) is 19.8 Å². The molecular formula is C12H21N3O3. The molecule has 2 heterocycles. The van der Waals surface area contributed by atoms with E-state index in [1.165, 1.54) is 0 Å². The second kappa shape index (κ2) is 6.04. The number of hydrogen-bond acceptors (Lipinski definition) is 4. The van der Waals surface area contributed by atoms with Crippen LogP contribution in [0.4, 0.5) is 4.79 Å². The minimum atomic E-state index is -0.124. The molecule has 1 atom stereocenters. The normalized spacial score (nSPS) is 24.4. The Bertz CT molecular complexity index is 322. The molecule has 1 N–H and O–H groups in total. The van der Waals surface area contributed by atoms with E-state index in [2.05, 4.69) is 10.2 Å². The second-order valence-electron chi connectivity index (χ2n) is 4.67. The number of amides is 2. The van der Waals surface area contributed by atoms with Crippen molar-refractivity contribution in [1.82, 2.24) is 15.1 Å². The highest BCUT2D eigenvalue weighted by Crippen LogP contribution is 2.18. The number of ether oxygens (including phenoxy) is 1. The fourth-order valence-electron chi connectivity index (χ4n) is 2.57. The summed E-state index contributed by atoms with van der Waals surface area (Å²) in [4.78, 5) is 27.1. The molecule has 2 saturated heterocycles. The molecule has 6 nitrogen and oxygen atoms in total. The molecule has 0 saturated carbocycles. The molecule has 6 heteroatoms. The summed E-state index contributed by atoms with van der Waals surface area (Å²) in [5.41, 5.74) is 0. The minimum Gasteiger partial charge on any atom is -0.465 e. The number of rotatable bonds is 5. The Morgan fingerprint density at radius 2 is 2.28 bits per heavy atom. The molecule has 0 radical (unpaired) electrons. The average molecular weight is 255 g/mol. The third-order valence-electron chi connectivity index (χ3n) is 3.52. The van der Waals surface area contributed by atoms with Gasteiger partial charge in [0, 0.05) is 26.2 Å². The van der Waals surface area contributed by atoms with E-state index in [-0.39, 0.29) is 18.0 Å². The van der Waals surface area contributed by atoms with E-state index in [9.17, 15) is 9.59 Å². The first kappa shape index (κ1) is 13.1. The van der Waals surface area contributed by atoms with Crippen molar-refractivity contribution in [1.29, 1.82) is 0 Å². The Morgan fingerprint density at radius 3 is 2.94 bits per heavy atom. The first-order valence-corrected chi connectivity index (χ1v) is 6.66. The summed E-state index contributed by atoms with van der Waals surface area (Å²) in [6, 6.07) is -0.113. The Kier molecular flexibility index (Phi) is 4.41. The van der Waals surface area contributed by atoms with Crippen molar-refractivity contribution in [3.63, 3.8) is 0 Å². The van der Waals surface area contributed by atoms with E-state index in [1.807, 2.05) is 6.92 Å². The molecule has 1 unspecified atom stereocenters. The van der Waals surface area contributed by atoms with E-state index < -0.39 is 0 Å². The smallest absolute Gasteiger partial charge is 0.323 e. The van der Waals surface area contributed by atoms with Crippen LogP contribution in [-0.4, -0.2) is 67.2 Å². The Morgan fingerprint density at radius 1 is 1.44 bits per heavy atom. The Balaban J connectivity index is 1.80. The van der Waals surface area contributed by atoms with Crippen LogP contribution in [-0.2, 0) is 9.53 Å². The van der Waals surface area contributed by atoms with E-state index in [1.54, 1.807) is 4.90 Å². The molecule has 0 aromatic carbocycles.